The molecule has 1 aliphatic heterocycles. The first kappa shape index (κ1) is 26.4. The molecule has 0 aromatic heterocycles. The highest BCUT2D eigenvalue weighted by Gasteiger charge is 2.63. The van der Waals surface area contributed by atoms with Crippen LogP contribution in [0.5, 0.6) is 17.2 Å². The monoisotopic (exact) mass is 556 g/mol. The zero-order valence-corrected chi connectivity index (χ0v) is 22.9. The number of hydrogen-bond donors (Lipinski definition) is 1. The molecule has 1 fully saturated rings. The van der Waals surface area contributed by atoms with Crippen LogP contribution in [0.15, 0.2) is 48.5 Å². The number of carboxylic acid groups (broad SMARTS) is 1. The van der Waals surface area contributed by atoms with Crippen LogP contribution in [-0.4, -0.2) is 44.2 Å². The van der Waals surface area contributed by atoms with Crippen LogP contribution in [0.2, 0.25) is 5.02 Å². The van der Waals surface area contributed by atoms with E-state index in [0.717, 1.165) is 39.1 Å². The Morgan fingerprint density at radius 2 is 1.82 bits per heavy atom. The molecule has 1 N–H and O–H groups in total. The molecular weight excluding hydrogens is 528 g/mol. The Bertz CT molecular complexity index is 1490. The van der Waals surface area contributed by atoms with E-state index in [4.69, 9.17) is 25.8 Å². The molecule has 1 heterocycles. The number of rotatable bonds is 10. The van der Waals surface area contributed by atoms with Crippen molar-refractivity contribution in [2.24, 2.45) is 5.92 Å². The van der Waals surface area contributed by atoms with E-state index in [1.807, 2.05) is 44.2 Å². The number of carbonyl (C=O) groups is 1. The van der Waals surface area contributed by atoms with Gasteiger partial charge < -0.3 is 19.3 Å². The van der Waals surface area contributed by atoms with Crippen LogP contribution < -0.4 is 14.2 Å². The quantitative estimate of drug-likeness (QED) is 0.326. The van der Waals surface area contributed by atoms with E-state index in [0.29, 0.717) is 36.2 Å². The highest BCUT2D eigenvalue weighted by molar-refractivity contribution is 7.90. The normalized spacial score (nSPS) is 19.3. The molecule has 3 aromatic carbocycles. The average Bonchev–Trinajstić information content (AvgIpc) is 3.44. The van der Waals surface area contributed by atoms with Crippen molar-refractivity contribution in [1.29, 1.82) is 0 Å². The van der Waals surface area contributed by atoms with Crippen LogP contribution in [0, 0.1) is 19.8 Å². The number of ether oxygens (including phenoxy) is 3. The summed E-state index contributed by atoms with van der Waals surface area (Å²) in [5.41, 5.74) is 6.06. The number of sulfone groups is 1. The second-order valence-electron chi connectivity index (χ2n) is 10.0. The molecule has 38 heavy (non-hydrogen) atoms. The third kappa shape index (κ3) is 5.47. The molecule has 0 saturated heterocycles. The number of halogens is 1. The highest BCUT2D eigenvalue weighted by atomic mass is 35.5. The molecular formula is C29H29ClO7S. The molecule has 0 radical (unpaired) electrons. The molecule has 9 heteroatoms. The smallest absolute Gasteiger partial charge is 0.311 e. The number of carboxylic acids is 1. The summed E-state index contributed by atoms with van der Waals surface area (Å²) in [5, 5.41) is 9.71. The van der Waals surface area contributed by atoms with E-state index in [2.05, 4.69) is 6.07 Å². The first-order valence-electron chi connectivity index (χ1n) is 12.4. The van der Waals surface area contributed by atoms with Gasteiger partial charge in [0.1, 0.15) is 45.7 Å². The lowest BCUT2D eigenvalue weighted by Gasteiger charge is -2.15. The predicted octanol–water partition coefficient (Wildman–Crippen LogP) is 5.58. The van der Waals surface area contributed by atoms with Crippen LogP contribution in [0.3, 0.4) is 0 Å². The van der Waals surface area contributed by atoms with Crippen molar-refractivity contribution in [2.75, 3.05) is 18.6 Å². The van der Waals surface area contributed by atoms with Crippen LogP contribution in [-0.2, 0) is 21.2 Å². The Morgan fingerprint density at radius 1 is 1.08 bits per heavy atom. The topological polar surface area (TPSA) is 99.1 Å². The van der Waals surface area contributed by atoms with Crippen molar-refractivity contribution < 1.29 is 32.5 Å². The van der Waals surface area contributed by atoms with Gasteiger partial charge in [-0.3, -0.25) is 4.79 Å². The fraction of sp³-hybridized carbons (Fsp3) is 0.345. The number of aryl methyl sites for hydroxylation is 2. The number of aliphatic carboxylic acids is 1. The molecule has 1 saturated carbocycles. The maximum Gasteiger partial charge on any atom is 0.311 e. The molecule has 0 spiro atoms. The molecule has 2 aliphatic rings. The lowest BCUT2D eigenvalue weighted by molar-refractivity contribution is -0.139. The summed E-state index contributed by atoms with van der Waals surface area (Å²) >= 11 is 6.47. The maximum absolute atomic E-state index is 11.3. The fourth-order valence-corrected chi connectivity index (χ4v) is 6.08. The van der Waals surface area contributed by atoms with E-state index in [1.165, 1.54) is 6.26 Å². The standard InChI is InChI=1S/C29H29ClO7S/c1-16-10-20(35-8-5-9-38(3,33)34)11-17(2)25(16)19-7-4-6-18(12-19)15-36-24-14-23-21(13-22(24)30)26-27(29(31)32)28(26)37-23/h4,6-7,10-14,26-28H,5,8-9,15H2,1-3H3,(H,31,32)/t26-,27-,28-/m1/s1. The summed E-state index contributed by atoms with van der Waals surface area (Å²) in [4.78, 5) is 11.3. The molecule has 0 bridgehead atoms. The van der Waals surface area contributed by atoms with E-state index in [9.17, 15) is 18.3 Å². The van der Waals surface area contributed by atoms with Gasteiger partial charge in [-0.25, -0.2) is 8.42 Å². The molecule has 5 rings (SSSR count). The number of fused-ring (bicyclic) bond motifs is 3. The van der Waals surface area contributed by atoms with Crippen LogP contribution in [0.25, 0.3) is 11.1 Å². The lowest BCUT2D eigenvalue weighted by atomic mass is 9.94. The largest absolute Gasteiger partial charge is 0.494 e. The SMILES string of the molecule is Cc1cc(OCCCS(C)(=O)=O)cc(C)c1-c1cccc(COc2cc3c(cc2Cl)[C@H]2[C@@H](O3)[C@@H]2C(=O)O)c1. The Labute approximate surface area is 227 Å². The van der Waals surface area contributed by atoms with Crippen molar-refractivity contribution >= 4 is 27.4 Å². The van der Waals surface area contributed by atoms with Crippen molar-refractivity contribution in [3.63, 3.8) is 0 Å². The summed E-state index contributed by atoms with van der Waals surface area (Å²) in [6.45, 7) is 4.70. The van der Waals surface area contributed by atoms with Crippen molar-refractivity contribution in [3.8, 4) is 28.4 Å². The van der Waals surface area contributed by atoms with E-state index >= 15 is 0 Å². The zero-order valence-electron chi connectivity index (χ0n) is 21.4. The molecule has 200 valence electrons. The Kier molecular flexibility index (Phi) is 7.05. The van der Waals surface area contributed by atoms with E-state index in [1.54, 1.807) is 12.1 Å². The minimum atomic E-state index is -3.00. The van der Waals surface area contributed by atoms with Crippen LogP contribution in [0.4, 0.5) is 0 Å². The van der Waals surface area contributed by atoms with Gasteiger partial charge in [-0.05, 0) is 72.4 Å². The summed E-state index contributed by atoms with van der Waals surface area (Å²) in [7, 11) is -3.00. The van der Waals surface area contributed by atoms with Gasteiger partial charge in [0, 0.05) is 23.8 Å². The van der Waals surface area contributed by atoms with Crippen molar-refractivity contribution in [2.45, 2.75) is 38.9 Å². The maximum atomic E-state index is 11.3. The van der Waals surface area contributed by atoms with Crippen molar-refractivity contribution in [1.82, 2.24) is 0 Å². The number of benzene rings is 3. The van der Waals surface area contributed by atoms with E-state index in [-0.39, 0.29) is 17.8 Å². The molecule has 3 atom stereocenters. The van der Waals surface area contributed by atoms with Gasteiger partial charge in [-0.15, -0.1) is 0 Å². The van der Waals surface area contributed by atoms with Gasteiger partial charge in [0.25, 0.3) is 0 Å². The predicted molar refractivity (Wildman–Crippen MR) is 145 cm³/mol. The minimum Gasteiger partial charge on any atom is -0.494 e. The van der Waals surface area contributed by atoms with Crippen LogP contribution >= 0.6 is 11.6 Å². The van der Waals surface area contributed by atoms with Crippen LogP contribution in [0.1, 0.15) is 34.6 Å². The Balaban J connectivity index is 1.26. The minimum absolute atomic E-state index is 0.105. The first-order valence-corrected chi connectivity index (χ1v) is 14.8. The summed E-state index contributed by atoms with van der Waals surface area (Å²) in [5.74, 6) is 0.469. The third-order valence-electron chi connectivity index (χ3n) is 6.97. The first-order chi connectivity index (χ1) is 18.0. The molecule has 1 aliphatic carbocycles. The molecule has 7 nitrogen and oxygen atoms in total. The summed E-state index contributed by atoms with van der Waals surface area (Å²) in [6, 6.07) is 15.5. The van der Waals surface area contributed by atoms with Gasteiger partial charge in [-0.2, -0.15) is 0 Å². The summed E-state index contributed by atoms with van der Waals surface area (Å²) in [6.07, 6.45) is 1.36. The van der Waals surface area contributed by atoms with Gasteiger partial charge in [0.15, 0.2) is 0 Å². The van der Waals surface area contributed by atoms with E-state index < -0.39 is 21.7 Å². The second-order valence-corrected chi connectivity index (χ2v) is 12.7. The Morgan fingerprint density at radius 3 is 2.50 bits per heavy atom. The average molecular weight is 557 g/mol. The Hall–Kier alpha value is -3.23. The van der Waals surface area contributed by atoms with Gasteiger partial charge >= 0.3 is 5.97 Å². The third-order valence-corrected chi connectivity index (χ3v) is 8.30. The second kappa shape index (κ2) is 10.2. The van der Waals surface area contributed by atoms with Crippen molar-refractivity contribution in [3.05, 3.63) is 75.8 Å². The summed E-state index contributed by atoms with van der Waals surface area (Å²) < 4.78 is 40.3. The fourth-order valence-electron chi connectivity index (χ4n) is 5.22. The number of hydrogen-bond acceptors (Lipinski definition) is 6. The molecule has 0 unspecified atom stereocenters. The van der Waals surface area contributed by atoms with Gasteiger partial charge in [-0.1, -0.05) is 29.8 Å². The zero-order chi connectivity index (χ0) is 27.2. The molecule has 0 amide bonds. The van der Waals surface area contributed by atoms with Gasteiger partial charge in [0.2, 0.25) is 0 Å². The highest BCUT2D eigenvalue weighted by Crippen LogP contribution is 2.59. The molecule has 3 aromatic rings. The lowest BCUT2D eigenvalue weighted by Crippen LogP contribution is -2.08. The van der Waals surface area contributed by atoms with Gasteiger partial charge in [0.05, 0.1) is 17.4 Å².